The molecule has 1 N–H and O–H groups in total. The van der Waals surface area contributed by atoms with Gasteiger partial charge < -0.3 is 5.32 Å². The van der Waals surface area contributed by atoms with Crippen LogP contribution >= 0.6 is 11.3 Å². The molecule has 2 rings (SSSR count). The van der Waals surface area contributed by atoms with E-state index in [-0.39, 0.29) is 0 Å². The number of aryl methyl sites for hydroxylation is 1. The van der Waals surface area contributed by atoms with Gasteiger partial charge in [0.15, 0.2) is 0 Å². The average molecular weight is 288 g/mol. The maximum absolute atomic E-state index is 4.61. The number of nitrogens with zero attached hydrogens (tertiary/aromatic N) is 1. The number of thiazole rings is 1. The first-order chi connectivity index (χ1) is 9.78. The van der Waals surface area contributed by atoms with Crippen LogP contribution in [0.15, 0.2) is 35.7 Å². The minimum absolute atomic E-state index is 0.616. The maximum Gasteiger partial charge on any atom is 0.0897 e. The minimum atomic E-state index is 0.616. The van der Waals surface area contributed by atoms with E-state index in [1.807, 2.05) is 0 Å². The van der Waals surface area contributed by atoms with Gasteiger partial charge >= 0.3 is 0 Å². The monoisotopic (exact) mass is 288 g/mol. The third-order valence-corrected chi connectivity index (χ3v) is 4.21. The molecule has 0 saturated heterocycles. The zero-order valence-electron chi connectivity index (χ0n) is 12.4. The van der Waals surface area contributed by atoms with Crippen molar-refractivity contribution in [3.8, 4) is 0 Å². The van der Waals surface area contributed by atoms with E-state index in [0.717, 1.165) is 25.9 Å². The molecule has 0 saturated carbocycles. The summed E-state index contributed by atoms with van der Waals surface area (Å²) >= 11 is 1.75. The molecule has 1 atom stereocenters. The molecule has 2 nitrogen and oxygen atoms in total. The summed E-state index contributed by atoms with van der Waals surface area (Å²) in [6.45, 7) is 6.46. The second-order valence-electron chi connectivity index (χ2n) is 5.32. The van der Waals surface area contributed by atoms with Crippen LogP contribution in [0.4, 0.5) is 0 Å². The third-order valence-electron chi connectivity index (χ3n) is 3.39. The van der Waals surface area contributed by atoms with Gasteiger partial charge in [-0.25, -0.2) is 4.98 Å². The predicted octanol–water partition coefficient (Wildman–Crippen LogP) is 3.85. The minimum Gasteiger partial charge on any atom is -0.316 e. The van der Waals surface area contributed by atoms with Crippen LogP contribution in [-0.4, -0.2) is 18.1 Å². The zero-order valence-corrected chi connectivity index (χ0v) is 13.2. The van der Waals surface area contributed by atoms with Gasteiger partial charge in [0.1, 0.15) is 0 Å². The quantitative estimate of drug-likeness (QED) is 0.746. The first-order valence-electron chi connectivity index (χ1n) is 7.43. The normalized spacial score (nSPS) is 12.5. The van der Waals surface area contributed by atoms with Gasteiger partial charge in [0.05, 0.1) is 10.7 Å². The molecule has 1 heterocycles. The standard InChI is InChI=1S/C17H24N2S/c1-3-9-18-12-16(10-15-7-5-4-6-8-15)11-17-13-20-14(2)19-17/h4-8,13,16,18H,3,9-12H2,1-2H3. The van der Waals surface area contributed by atoms with Gasteiger partial charge in [-0.3, -0.25) is 0 Å². The first kappa shape index (κ1) is 15.2. The van der Waals surface area contributed by atoms with Crippen molar-refractivity contribution in [2.45, 2.75) is 33.1 Å². The first-order valence-corrected chi connectivity index (χ1v) is 8.31. The smallest absolute Gasteiger partial charge is 0.0897 e. The summed E-state index contributed by atoms with van der Waals surface area (Å²) in [5, 5.41) is 6.93. The Labute approximate surface area is 126 Å². The van der Waals surface area contributed by atoms with E-state index >= 15 is 0 Å². The average Bonchev–Trinajstić information content (AvgIpc) is 2.85. The van der Waals surface area contributed by atoms with Crippen molar-refractivity contribution < 1.29 is 0 Å². The number of aromatic nitrogens is 1. The topological polar surface area (TPSA) is 24.9 Å². The van der Waals surface area contributed by atoms with E-state index in [4.69, 9.17) is 0 Å². The zero-order chi connectivity index (χ0) is 14.2. The predicted molar refractivity (Wildman–Crippen MR) is 87.4 cm³/mol. The Balaban J connectivity index is 1.96. The number of rotatable bonds is 8. The highest BCUT2D eigenvalue weighted by molar-refractivity contribution is 7.09. The number of benzene rings is 1. The summed E-state index contributed by atoms with van der Waals surface area (Å²) in [6.07, 6.45) is 3.37. The molecule has 0 bridgehead atoms. The lowest BCUT2D eigenvalue weighted by atomic mass is 9.95. The molecule has 20 heavy (non-hydrogen) atoms. The molecule has 0 fully saturated rings. The van der Waals surface area contributed by atoms with E-state index < -0.39 is 0 Å². The summed E-state index contributed by atoms with van der Waals surface area (Å²) in [5.74, 6) is 0.616. The van der Waals surface area contributed by atoms with Crippen LogP contribution in [0.1, 0.15) is 29.6 Å². The Hall–Kier alpha value is -1.19. The molecule has 2 aromatic rings. The van der Waals surface area contributed by atoms with Crippen LogP contribution in [0.5, 0.6) is 0 Å². The maximum atomic E-state index is 4.61. The van der Waals surface area contributed by atoms with Crippen LogP contribution in [-0.2, 0) is 12.8 Å². The fraction of sp³-hybridized carbons (Fsp3) is 0.471. The summed E-state index contributed by atoms with van der Waals surface area (Å²) in [6, 6.07) is 10.8. The van der Waals surface area contributed by atoms with Gasteiger partial charge in [0.25, 0.3) is 0 Å². The molecular formula is C17H24N2S. The number of hydrogen-bond donors (Lipinski definition) is 1. The van der Waals surface area contributed by atoms with Gasteiger partial charge in [0, 0.05) is 5.38 Å². The molecule has 1 aromatic carbocycles. The van der Waals surface area contributed by atoms with Crippen LogP contribution in [0.3, 0.4) is 0 Å². The molecule has 0 aliphatic heterocycles. The van der Waals surface area contributed by atoms with Crippen molar-refractivity contribution in [1.82, 2.24) is 10.3 Å². The van der Waals surface area contributed by atoms with E-state index in [2.05, 4.69) is 59.9 Å². The lowest BCUT2D eigenvalue weighted by Gasteiger charge is -2.17. The highest BCUT2D eigenvalue weighted by atomic mass is 32.1. The lowest BCUT2D eigenvalue weighted by Crippen LogP contribution is -2.26. The van der Waals surface area contributed by atoms with E-state index in [9.17, 15) is 0 Å². The van der Waals surface area contributed by atoms with Crippen LogP contribution < -0.4 is 5.32 Å². The third kappa shape index (κ3) is 5.06. The van der Waals surface area contributed by atoms with E-state index in [0.29, 0.717) is 5.92 Å². The molecule has 1 unspecified atom stereocenters. The van der Waals surface area contributed by atoms with Crippen LogP contribution in [0, 0.1) is 12.8 Å². The summed E-state index contributed by atoms with van der Waals surface area (Å²) in [7, 11) is 0. The van der Waals surface area contributed by atoms with Crippen molar-refractivity contribution in [1.29, 1.82) is 0 Å². The summed E-state index contributed by atoms with van der Waals surface area (Å²) in [5.41, 5.74) is 2.66. The molecule has 1 aromatic heterocycles. The Morgan fingerprint density at radius 2 is 2.00 bits per heavy atom. The van der Waals surface area contributed by atoms with E-state index in [1.165, 1.54) is 22.7 Å². The van der Waals surface area contributed by atoms with Crippen molar-refractivity contribution >= 4 is 11.3 Å². The van der Waals surface area contributed by atoms with Gasteiger partial charge in [-0.2, -0.15) is 0 Å². The highest BCUT2D eigenvalue weighted by Crippen LogP contribution is 2.16. The highest BCUT2D eigenvalue weighted by Gasteiger charge is 2.12. The molecule has 108 valence electrons. The van der Waals surface area contributed by atoms with Crippen molar-refractivity contribution in [3.63, 3.8) is 0 Å². The van der Waals surface area contributed by atoms with Crippen molar-refractivity contribution in [3.05, 3.63) is 52.0 Å². The molecule has 0 aliphatic rings. The number of hydrogen-bond acceptors (Lipinski definition) is 3. The Kier molecular flexibility index (Phi) is 6.22. The molecule has 0 amide bonds. The summed E-state index contributed by atoms with van der Waals surface area (Å²) < 4.78 is 0. The van der Waals surface area contributed by atoms with Crippen molar-refractivity contribution in [2.24, 2.45) is 5.92 Å². The number of nitrogens with one attached hydrogen (secondary N) is 1. The van der Waals surface area contributed by atoms with Crippen LogP contribution in [0.25, 0.3) is 0 Å². The fourth-order valence-electron chi connectivity index (χ4n) is 2.44. The van der Waals surface area contributed by atoms with Gasteiger partial charge in [-0.15, -0.1) is 11.3 Å². The SMILES string of the molecule is CCCNCC(Cc1ccccc1)Cc1csc(C)n1. The van der Waals surface area contributed by atoms with Gasteiger partial charge in [-0.05, 0) is 50.8 Å². The van der Waals surface area contributed by atoms with Crippen LogP contribution in [0.2, 0.25) is 0 Å². The van der Waals surface area contributed by atoms with Gasteiger partial charge in [0.2, 0.25) is 0 Å². The molecule has 3 heteroatoms. The molecule has 0 radical (unpaired) electrons. The fourth-order valence-corrected chi connectivity index (χ4v) is 3.07. The summed E-state index contributed by atoms with van der Waals surface area (Å²) in [4.78, 5) is 4.61. The Morgan fingerprint density at radius 3 is 2.65 bits per heavy atom. The Morgan fingerprint density at radius 1 is 1.20 bits per heavy atom. The lowest BCUT2D eigenvalue weighted by molar-refractivity contribution is 0.467. The largest absolute Gasteiger partial charge is 0.316 e. The molecular weight excluding hydrogens is 264 g/mol. The van der Waals surface area contributed by atoms with E-state index in [1.54, 1.807) is 11.3 Å². The molecule has 0 aliphatic carbocycles. The van der Waals surface area contributed by atoms with Crippen molar-refractivity contribution in [2.75, 3.05) is 13.1 Å². The molecule has 0 spiro atoms. The van der Waals surface area contributed by atoms with Gasteiger partial charge in [-0.1, -0.05) is 37.3 Å². The second kappa shape index (κ2) is 8.18. The second-order valence-corrected chi connectivity index (χ2v) is 6.38. The Bertz CT molecular complexity index is 493.